The number of hydrogen-bond acceptors (Lipinski definition) is 1. The van der Waals surface area contributed by atoms with Crippen molar-refractivity contribution in [3.05, 3.63) is 103 Å². The van der Waals surface area contributed by atoms with Crippen molar-refractivity contribution in [3.63, 3.8) is 0 Å². The van der Waals surface area contributed by atoms with Gasteiger partial charge in [0, 0.05) is 12.4 Å². The van der Waals surface area contributed by atoms with Crippen LogP contribution in [-0.2, 0) is 5.16 Å². The van der Waals surface area contributed by atoms with E-state index in [0.29, 0.717) is 0 Å². The molecule has 0 fully saturated rings. The highest BCUT2D eigenvalue weighted by atomic mass is 28.3. The van der Waals surface area contributed by atoms with E-state index in [2.05, 4.69) is 95.6 Å². The molecule has 0 aliphatic carbocycles. The average Bonchev–Trinajstić information content (AvgIpc) is 3.13. The SMILES string of the molecule is C=CC[SiH](C)C(c1ccccc1)(c1ccccc1)n1ccnc1. The van der Waals surface area contributed by atoms with E-state index >= 15 is 0 Å². The lowest BCUT2D eigenvalue weighted by molar-refractivity contribution is 0.583. The van der Waals surface area contributed by atoms with Gasteiger partial charge in [-0.3, -0.25) is 0 Å². The summed E-state index contributed by atoms with van der Waals surface area (Å²) in [4.78, 5) is 4.34. The summed E-state index contributed by atoms with van der Waals surface area (Å²) in [6.07, 6.45) is 7.98. The van der Waals surface area contributed by atoms with E-state index < -0.39 is 8.80 Å². The Morgan fingerprint density at radius 1 is 1.04 bits per heavy atom. The van der Waals surface area contributed by atoms with Crippen molar-refractivity contribution in [1.82, 2.24) is 9.55 Å². The Balaban J connectivity index is 2.32. The fourth-order valence-electron chi connectivity index (χ4n) is 3.56. The largest absolute Gasteiger partial charge is 0.326 e. The molecule has 116 valence electrons. The molecule has 1 atom stereocenters. The van der Waals surface area contributed by atoms with Crippen LogP contribution in [0.4, 0.5) is 0 Å². The fourth-order valence-corrected chi connectivity index (χ4v) is 6.59. The molecule has 0 amide bonds. The van der Waals surface area contributed by atoms with Gasteiger partial charge in [-0.1, -0.05) is 73.3 Å². The highest BCUT2D eigenvalue weighted by Gasteiger charge is 2.41. The summed E-state index contributed by atoms with van der Waals surface area (Å²) in [6.45, 7) is 6.41. The van der Waals surface area contributed by atoms with Gasteiger partial charge < -0.3 is 4.57 Å². The van der Waals surface area contributed by atoms with Gasteiger partial charge in [0.2, 0.25) is 0 Å². The quantitative estimate of drug-likeness (QED) is 0.490. The number of aromatic nitrogens is 2. The number of imidazole rings is 1. The van der Waals surface area contributed by atoms with Crippen molar-refractivity contribution in [3.8, 4) is 0 Å². The van der Waals surface area contributed by atoms with Gasteiger partial charge in [0.05, 0.1) is 20.3 Å². The minimum absolute atomic E-state index is 0.160. The molecule has 3 rings (SSSR count). The number of allylic oxidation sites excluding steroid dienone is 1. The molecule has 2 aromatic carbocycles. The zero-order chi connectivity index (χ0) is 16.1. The highest BCUT2D eigenvalue weighted by Crippen LogP contribution is 2.38. The first-order valence-electron chi connectivity index (χ1n) is 8.00. The molecule has 0 saturated carbocycles. The Hall–Kier alpha value is -2.39. The third-order valence-corrected chi connectivity index (χ3v) is 8.00. The van der Waals surface area contributed by atoms with Crippen molar-refractivity contribution in [1.29, 1.82) is 0 Å². The van der Waals surface area contributed by atoms with E-state index in [-0.39, 0.29) is 5.16 Å². The topological polar surface area (TPSA) is 17.8 Å². The Kier molecular flexibility index (Phi) is 4.58. The van der Waals surface area contributed by atoms with E-state index in [1.165, 1.54) is 11.1 Å². The van der Waals surface area contributed by atoms with E-state index in [4.69, 9.17) is 0 Å². The first-order valence-corrected chi connectivity index (χ1v) is 10.6. The first-order chi connectivity index (χ1) is 11.3. The predicted molar refractivity (Wildman–Crippen MR) is 99.3 cm³/mol. The minimum atomic E-state index is -1.29. The Morgan fingerprint density at radius 3 is 2.04 bits per heavy atom. The van der Waals surface area contributed by atoms with E-state index in [0.717, 1.165) is 6.04 Å². The molecule has 0 bridgehead atoms. The third-order valence-electron chi connectivity index (χ3n) is 4.57. The molecule has 1 heterocycles. The molecular formula is C20H22N2Si. The van der Waals surface area contributed by atoms with Crippen molar-refractivity contribution in [2.75, 3.05) is 0 Å². The van der Waals surface area contributed by atoms with Gasteiger partial charge in [-0.2, -0.15) is 0 Å². The lowest BCUT2D eigenvalue weighted by atomic mass is 9.97. The van der Waals surface area contributed by atoms with Crippen molar-refractivity contribution < 1.29 is 0 Å². The number of benzene rings is 2. The second-order valence-corrected chi connectivity index (χ2v) is 9.00. The van der Waals surface area contributed by atoms with Gasteiger partial charge in [-0.05, 0) is 17.2 Å². The van der Waals surface area contributed by atoms with Gasteiger partial charge in [0.25, 0.3) is 0 Å². The monoisotopic (exact) mass is 318 g/mol. The molecule has 23 heavy (non-hydrogen) atoms. The molecule has 1 unspecified atom stereocenters. The van der Waals surface area contributed by atoms with Gasteiger partial charge >= 0.3 is 0 Å². The number of rotatable bonds is 6. The second-order valence-electron chi connectivity index (χ2n) is 5.89. The lowest BCUT2D eigenvalue weighted by Crippen LogP contribution is -2.48. The summed E-state index contributed by atoms with van der Waals surface area (Å²) in [5.74, 6) is 0. The van der Waals surface area contributed by atoms with Crippen LogP contribution in [0.25, 0.3) is 0 Å². The molecule has 0 aliphatic heterocycles. The summed E-state index contributed by atoms with van der Waals surface area (Å²) < 4.78 is 2.29. The van der Waals surface area contributed by atoms with Crippen molar-refractivity contribution in [2.45, 2.75) is 17.8 Å². The zero-order valence-electron chi connectivity index (χ0n) is 13.5. The van der Waals surface area contributed by atoms with Crippen LogP contribution in [0, 0.1) is 0 Å². The summed E-state index contributed by atoms with van der Waals surface area (Å²) in [5, 5.41) is -0.160. The van der Waals surface area contributed by atoms with Crippen molar-refractivity contribution >= 4 is 8.80 Å². The summed E-state index contributed by atoms with van der Waals surface area (Å²) in [7, 11) is -1.29. The molecule has 0 aliphatic rings. The zero-order valence-corrected chi connectivity index (χ0v) is 14.6. The van der Waals surface area contributed by atoms with Crippen LogP contribution in [0.3, 0.4) is 0 Å². The maximum atomic E-state index is 4.34. The van der Waals surface area contributed by atoms with Gasteiger partial charge in [-0.25, -0.2) is 4.98 Å². The van der Waals surface area contributed by atoms with Crippen LogP contribution in [-0.4, -0.2) is 18.3 Å². The van der Waals surface area contributed by atoms with Crippen LogP contribution in [0.15, 0.2) is 92.0 Å². The van der Waals surface area contributed by atoms with Gasteiger partial charge in [0.1, 0.15) is 0 Å². The first kappa shape index (κ1) is 15.5. The molecule has 2 nitrogen and oxygen atoms in total. The minimum Gasteiger partial charge on any atom is -0.326 e. The van der Waals surface area contributed by atoms with Gasteiger partial charge in [-0.15, -0.1) is 6.58 Å². The Labute approximate surface area is 139 Å². The van der Waals surface area contributed by atoms with Crippen LogP contribution >= 0.6 is 0 Å². The smallest absolute Gasteiger partial charge is 0.0954 e. The molecule has 3 aromatic rings. The molecule has 1 aromatic heterocycles. The van der Waals surface area contributed by atoms with E-state index in [1.807, 2.05) is 12.5 Å². The maximum absolute atomic E-state index is 4.34. The molecule has 0 radical (unpaired) electrons. The van der Waals surface area contributed by atoms with Crippen LogP contribution < -0.4 is 0 Å². The standard InChI is InChI=1S/C20H22N2Si/c1-3-16-23(2)20(22-15-14-21-17-22,18-10-6-4-7-11-18)19-12-8-5-9-13-19/h3-15,17,23H,1,16H2,2H3. The number of nitrogens with zero attached hydrogens (tertiary/aromatic N) is 2. The molecule has 0 spiro atoms. The third kappa shape index (κ3) is 2.68. The Morgan fingerprint density at radius 2 is 1.61 bits per heavy atom. The normalized spacial score (nSPS) is 12.7. The van der Waals surface area contributed by atoms with Crippen LogP contribution in [0.5, 0.6) is 0 Å². The maximum Gasteiger partial charge on any atom is 0.0954 e. The number of hydrogen-bond donors (Lipinski definition) is 0. The van der Waals surface area contributed by atoms with Gasteiger partial charge in [0.15, 0.2) is 0 Å². The Bertz CT molecular complexity index is 696. The summed E-state index contributed by atoms with van der Waals surface area (Å²) in [6, 6.07) is 22.6. The van der Waals surface area contributed by atoms with E-state index in [9.17, 15) is 0 Å². The summed E-state index contributed by atoms with van der Waals surface area (Å²) in [5.41, 5.74) is 2.65. The molecule has 3 heteroatoms. The van der Waals surface area contributed by atoms with Crippen LogP contribution in [0.1, 0.15) is 11.1 Å². The van der Waals surface area contributed by atoms with E-state index in [1.54, 1.807) is 0 Å². The average molecular weight is 318 g/mol. The summed E-state index contributed by atoms with van der Waals surface area (Å²) >= 11 is 0. The molecular weight excluding hydrogens is 296 g/mol. The molecule has 0 saturated heterocycles. The predicted octanol–water partition coefficient (Wildman–Crippen LogP) is 4.26. The second kappa shape index (κ2) is 6.80. The fraction of sp³-hybridized carbons (Fsp3) is 0.150. The van der Waals surface area contributed by atoms with Crippen LogP contribution in [0.2, 0.25) is 12.6 Å². The lowest BCUT2D eigenvalue weighted by Gasteiger charge is -2.41. The van der Waals surface area contributed by atoms with Crippen molar-refractivity contribution in [2.24, 2.45) is 0 Å². The molecule has 0 N–H and O–H groups in total. The highest BCUT2D eigenvalue weighted by molar-refractivity contribution is 6.62.